The van der Waals surface area contributed by atoms with E-state index in [-0.39, 0.29) is 36.6 Å². The Morgan fingerprint density at radius 2 is 2.15 bits per heavy atom. The standard InChI is InChI=1S/C8H15NO3.ClH/c1-5-4-9-7(6(2)12-5)8(10)11-3;/h5-7,9H,4H2,1-3H3;1H. The Balaban J connectivity index is 0.00000144. The fourth-order valence-electron chi connectivity index (χ4n) is 1.46. The molecule has 13 heavy (non-hydrogen) atoms. The zero-order valence-corrected chi connectivity index (χ0v) is 8.88. The summed E-state index contributed by atoms with van der Waals surface area (Å²) in [4.78, 5) is 11.2. The van der Waals surface area contributed by atoms with Gasteiger partial charge in [0.15, 0.2) is 0 Å². The predicted octanol–water partition coefficient (Wildman–Crippen LogP) is -4.10. The molecule has 1 heterocycles. The minimum Gasteiger partial charge on any atom is -1.00 e. The second-order valence-corrected chi connectivity index (χ2v) is 3.17. The Bertz CT molecular complexity index is 177. The van der Waals surface area contributed by atoms with Crippen molar-refractivity contribution in [3.05, 3.63) is 0 Å². The number of rotatable bonds is 1. The summed E-state index contributed by atoms with van der Waals surface area (Å²) in [5, 5.41) is 1.98. The van der Waals surface area contributed by atoms with Crippen LogP contribution in [0.5, 0.6) is 0 Å². The average molecular weight is 210 g/mol. The van der Waals surface area contributed by atoms with Crippen LogP contribution in [-0.2, 0) is 14.3 Å². The number of hydrogen-bond acceptors (Lipinski definition) is 3. The Kier molecular flexibility index (Phi) is 5.29. The third kappa shape index (κ3) is 3.14. The Labute approximate surface area is 84.4 Å². The van der Waals surface area contributed by atoms with E-state index in [4.69, 9.17) is 4.74 Å². The number of quaternary nitrogens is 1. The summed E-state index contributed by atoms with van der Waals surface area (Å²) in [6, 6.07) is -0.189. The monoisotopic (exact) mass is 209 g/mol. The molecule has 1 aliphatic heterocycles. The SMILES string of the molecule is COC(=O)C1[NH2+]CC(C)OC1C.[Cl-]. The summed E-state index contributed by atoms with van der Waals surface area (Å²) >= 11 is 0. The Morgan fingerprint density at radius 3 is 2.62 bits per heavy atom. The van der Waals surface area contributed by atoms with E-state index in [1.54, 1.807) is 0 Å². The van der Waals surface area contributed by atoms with Crippen molar-refractivity contribution < 1.29 is 32.0 Å². The van der Waals surface area contributed by atoms with E-state index in [1.165, 1.54) is 7.11 Å². The van der Waals surface area contributed by atoms with E-state index >= 15 is 0 Å². The smallest absolute Gasteiger partial charge is 0.367 e. The fourth-order valence-corrected chi connectivity index (χ4v) is 1.46. The molecular weight excluding hydrogens is 194 g/mol. The van der Waals surface area contributed by atoms with Gasteiger partial charge in [-0.2, -0.15) is 0 Å². The molecule has 2 N–H and O–H groups in total. The van der Waals surface area contributed by atoms with Gasteiger partial charge in [0, 0.05) is 0 Å². The molecule has 0 spiro atoms. The second kappa shape index (κ2) is 5.42. The molecule has 0 radical (unpaired) electrons. The summed E-state index contributed by atoms with van der Waals surface area (Å²) in [5.41, 5.74) is 0. The van der Waals surface area contributed by atoms with Gasteiger partial charge < -0.3 is 27.2 Å². The van der Waals surface area contributed by atoms with Crippen molar-refractivity contribution in [2.24, 2.45) is 0 Å². The van der Waals surface area contributed by atoms with E-state index in [0.29, 0.717) is 0 Å². The van der Waals surface area contributed by atoms with Crippen molar-refractivity contribution in [2.75, 3.05) is 13.7 Å². The van der Waals surface area contributed by atoms with Gasteiger partial charge in [-0.15, -0.1) is 0 Å². The lowest BCUT2D eigenvalue weighted by atomic mass is 10.1. The summed E-state index contributed by atoms with van der Waals surface area (Å²) < 4.78 is 10.1. The van der Waals surface area contributed by atoms with Gasteiger partial charge >= 0.3 is 5.97 Å². The van der Waals surface area contributed by atoms with Crippen molar-refractivity contribution in [1.29, 1.82) is 0 Å². The van der Waals surface area contributed by atoms with E-state index < -0.39 is 0 Å². The Morgan fingerprint density at radius 1 is 1.54 bits per heavy atom. The molecule has 78 valence electrons. The van der Waals surface area contributed by atoms with Crippen LogP contribution in [0.25, 0.3) is 0 Å². The average Bonchev–Trinajstić information content (AvgIpc) is 2.03. The number of nitrogens with two attached hydrogens (primary N) is 1. The van der Waals surface area contributed by atoms with E-state index in [1.807, 2.05) is 19.2 Å². The molecule has 0 aromatic heterocycles. The van der Waals surface area contributed by atoms with E-state index in [9.17, 15) is 4.79 Å². The largest absolute Gasteiger partial charge is 1.00 e. The first kappa shape index (κ1) is 12.7. The number of carbonyl (C=O) groups excluding carboxylic acids is 1. The lowest BCUT2D eigenvalue weighted by Crippen LogP contribution is -3.00. The minimum absolute atomic E-state index is 0. The molecule has 4 nitrogen and oxygen atoms in total. The topological polar surface area (TPSA) is 52.1 Å². The maximum Gasteiger partial charge on any atom is 0.367 e. The van der Waals surface area contributed by atoms with Gasteiger partial charge in [0.2, 0.25) is 6.04 Å². The van der Waals surface area contributed by atoms with Gasteiger partial charge in [-0.25, -0.2) is 4.79 Å². The van der Waals surface area contributed by atoms with Gasteiger partial charge in [0.05, 0.1) is 7.11 Å². The van der Waals surface area contributed by atoms with Crippen LogP contribution < -0.4 is 17.7 Å². The van der Waals surface area contributed by atoms with E-state index in [2.05, 4.69) is 4.74 Å². The quantitative estimate of drug-likeness (QED) is 0.447. The van der Waals surface area contributed by atoms with Crippen molar-refractivity contribution in [1.82, 2.24) is 0 Å². The van der Waals surface area contributed by atoms with E-state index in [0.717, 1.165) is 6.54 Å². The molecule has 0 aliphatic carbocycles. The van der Waals surface area contributed by atoms with Crippen LogP contribution in [0.1, 0.15) is 13.8 Å². The number of esters is 1. The fraction of sp³-hybridized carbons (Fsp3) is 0.875. The van der Waals surface area contributed by atoms with Crippen molar-refractivity contribution >= 4 is 5.97 Å². The lowest BCUT2D eigenvalue weighted by molar-refractivity contribution is -0.706. The maximum atomic E-state index is 11.2. The summed E-state index contributed by atoms with van der Waals surface area (Å²) in [6.45, 7) is 4.72. The second-order valence-electron chi connectivity index (χ2n) is 3.17. The lowest BCUT2D eigenvalue weighted by Gasteiger charge is -2.29. The number of methoxy groups -OCH3 is 1. The molecule has 1 rings (SSSR count). The maximum absolute atomic E-state index is 11.2. The third-order valence-corrected chi connectivity index (χ3v) is 2.15. The molecule has 5 heteroatoms. The van der Waals surface area contributed by atoms with Crippen molar-refractivity contribution in [3.8, 4) is 0 Å². The summed E-state index contributed by atoms with van der Waals surface area (Å²) in [6.07, 6.45) is 0.169. The van der Waals surface area contributed by atoms with Crippen LogP contribution in [0.4, 0.5) is 0 Å². The van der Waals surface area contributed by atoms with Crippen molar-refractivity contribution in [2.45, 2.75) is 32.1 Å². The summed E-state index contributed by atoms with van der Waals surface area (Å²) in [5.74, 6) is -0.200. The number of carbonyl (C=O) groups is 1. The van der Waals surface area contributed by atoms with Gasteiger partial charge in [-0.3, -0.25) is 0 Å². The third-order valence-electron chi connectivity index (χ3n) is 2.15. The van der Waals surface area contributed by atoms with Gasteiger partial charge in [-0.05, 0) is 13.8 Å². The number of hydrogen-bond donors (Lipinski definition) is 1. The molecule has 0 aromatic carbocycles. The first-order chi connectivity index (χ1) is 5.65. The van der Waals surface area contributed by atoms with Crippen LogP contribution in [0.3, 0.4) is 0 Å². The molecule has 1 saturated heterocycles. The normalized spacial score (nSPS) is 33.3. The highest BCUT2D eigenvalue weighted by molar-refractivity contribution is 5.74. The van der Waals surface area contributed by atoms with Crippen molar-refractivity contribution in [3.63, 3.8) is 0 Å². The first-order valence-electron chi connectivity index (χ1n) is 4.21. The molecule has 0 aromatic rings. The molecule has 0 saturated carbocycles. The van der Waals surface area contributed by atoms with Crippen LogP contribution in [0.15, 0.2) is 0 Å². The van der Waals surface area contributed by atoms with Gasteiger partial charge in [0.1, 0.15) is 18.8 Å². The Hall–Kier alpha value is -0.320. The zero-order valence-electron chi connectivity index (χ0n) is 8.12. The number of halogens is 1. The molecule has 0 bridgehead atoms. The molecule has 1 fully saturated rings. The van der Waals surface area contributed by atoms with Crippen LogP contribution in [0.2, 0.25) is 0 Å². The molecule has 1 aliphatic rings. The highest BCUT2D eigenvalue weighted by atomic mass is 35.5. The minimum atomic E-state index is -0.200. The molecule has 0 amide bonds. The van der Waals surface area contributed by atoms with Gasteiger partial charge in [0.25, 0.3) is 0 Å². The zero-order chi connectivity index (χ0) is 9.14. The molecule has 3 unspecified atom stereocenters. The summed E-state index contributed by atoms with van der Waals surface area (Å²) in [7, 11) is 1.40. The van der Waals surface area contributed by atoms with Crippen LogP contribution >= 0.6 is 0 Å². The number of ether oxygens (including phenoxy) is 2. The number of morpholine rings is 1. The predicted molar refractivity (Wildman–Crippen MR) is 42.6 cm³/mol. The highest BCUT2D eigenvalue weighted by Crippen LogP contribution is 2.04. The van der Waals surface area contributed by atoms with Crippen LogP contribution in [-0.4, -0.2) is 37.9 Å². The highest BCUT2D eigenvalue weighted by Gasteiger charge is 2.35. The molecular formula is C8H16ClNO3. The van der Waals surface area contributed by atoms with Gasteiger partial charge in [-0.1, -0.05) is 0 Å². The first-order valence-corrected chi connectivity index (χ1v) is 4.21. The molecule has 3 atom stereocenters. The van der Waals surface area contributed by atoms with Crippen LogP contribution in [0, 0.1) is 0 Å².